The van der Waals surface area contributed by atoms with E-state index in [1.165, 1.54) is 32.2 Å². The topological polar surface area (TPSA) is 24.5 Å². The maximum Gasteiger partial charge on any atom is 0.0589 e. The van der Waals surface area contributed by atoms with Gasteiger partial charge in [0.2, 0.25) is 0 Å². The second-order valence-electron chi connectivity index (χ2n) is 7.17. The van der Waals surface area contributed by atoms with Gasteiger partial charge in [0.1, 0.15) is 0 Å². The van der Waals surface area contributed by atoms with E-state index >= 15 is 0 Å². The van der Waals surface area contributed by atoms with Gasteiger partial charge in [0.25, 0.3) is 0 Å². The molecule has 0 bridgehead atoms. The van der Waals surface area contributed by atoms with E-state index in [2.05, 4.69) is 37.9 Å². The van der Waals surface area contributed by atoms with Crippen molar-refractivity contribution in [1.29, 1.82) is 0 Å². The Balaban J connectivity index is 2.54. The molecule has 3 nitrogen and oxygen atoms in total. The first-order chi connectivity index (χ1) is 8.91. The predicted molar refractivity (Wildman–Crippen MR) is 82.6 cm³/mol. The molecule has 3 heteroatoms. The third kappa shape index (κ3) is 6.24. The van der Waals surface area contributed by atoms with E-state index < -0.39 is 0 Å². The number of methoxy groups -OCH3 is 1. The van der Waals surface area contributed by atoms with Crippen LogP contribution < -0.4 is 5.32 Å². The number of rotatable bonds is 8. The molecule has 114 valence electrons. The summed E-state index contributed by atoms with van der Waals surface area (Å²) in [6.07, 6.45) is 5.54. The van der Waals surface area contributed by atoms with Crippen LogP contribution in [0.5, 0.6) is 0 Å². The van der Waals surface area contributed by atoms with E-state index in [1.807, 2.05) is 0 Å². The molecule has 0 radical (unpaired) electrons. The van der Waals surface area contributed by atoms with Crippen molar-refractivity contribution in [3.05, 3.63) is 0 Å². The van der Waals surface area contributed by atoms with Crippen LogP contribution in [-0.2, 0) is 4.74 Å². The lowest BCUT2D eigenvalue weighted by Gasteiger charge is -2.37. The fourth-order valence-electron chi connectivity index (χ4n) is 3.01. The van der Waals surface area contributed by atoms with Gasteiger partial charge >= 0.3 is 0 Å². The van der Waals surface area contributed by atoms with Crippen LogP contribution in [0.25, 0.3) is 0 Å². The van der Waals surface area contributed by atoms with Crippen molar-refractivity contribution in [3.8, 4) is 0 Å². The van der Waals surface area contributed by atoms with Crippen molar-refractivity contribution >= 4 is 0 Å². The quantitative estimate of drug-likeness (QED) is 0.734. The Labute approximate surface area is 120 Å². The molecule has 1 aliphatic carbocycles. The first-order valence-electron chi connectivity index (χ1n) is 7.87. The minimum absolute atomic E-state index is 0.221. The molecule has 0 atom stereocenters. The van der Waals surface area contributed by atoms with Crippen molar-refractivity contribution < 1.29 is 4.74 Å². The second-order valence-corrected chi connectivity index (χ2v) is 7.17. The van der Waals surface area contributed by atoms with Crippen LogP contribution in [0.15, 0.2) is 0 Å². The number of nitrogens with one attached hydrogen (secondary N) is 1. The molecule has 0 saturated heterocycles. The minimum atomic E-state index is 0.221. The van der Waals surface area contributed by atoms with Gasteiger partial charge in [0, 0.05) is 32.3 Å². The summed E-state index contributed by atoms with van der Waals surface area (Å²) in [6, 6.07) is 0. The lowest BCUT2D eigenvalue weighted by Crippen LogP contribution is -2.48. The van der Waals surface area contributed by atoms with E-state index in [0.717, 1.165) is 26.2 Å². The zero-order valence-electron chi connectivity index (χ0n) is 13.7. The predicted octanol–water partition coefficient (Wildman–Crippen LogP) is 2.90. The van der Waals surface area contributed by atoms with Crippen molar-refractivity contribution in [2.45, 2.75) is 58.9 Å². The fraction of sp³-hybridized carbons (Fsp3) is 1.00. The van der Waals surface area contributed by atoms with Gasteiger partial charge in [-0.05, 0) is 45.6 Å². The number of nitrogens with zero attached hydrogens (tertiary/aromatic N) is 1. The largest absolute Gasteiger partial charge is 0.383 e. The van der Waals surface area contributed by atoms with Gasteiger partial charge < -0.3 is 15.0 Å². The Morgan fingerprint density at radius 3 is 2.32 bits per heavy atom. The highest BCUT2D eigenvalue weighted by molar-refractivity contribution is 4.91. The molecular weight excluding hydrogens is 236 g/mol. The van der Waals surface area contributed by atoms with Gasteiger partial charge in [-0.25, -0.2) is 0 Å². The molecule has 1 saturated carbocycles. The number of likely N-dealkylation sites (N-methyl/N-ethyl adjacent to an activating group) is 1. The summed E-state index contributed by atoms with van der Waals surface area (Å²) in [4.78, 5) is 2.55. The Kier molecular flexibility index (Phi) is 6.78. The van der Waals surface area contributed by atoms with Gasteiger partial charge in [-0.2, -0.15) is 0 Å². The zero-order chi connectivity index (χ0) is 14.4. The molecule has 1 N–H and O–H groups in total. The molecule has 0 spiro atoms. The average Bonchev–Trinajstić information content (AvgIpc) is 2.80. The highest BCUT2D eigenvalue weighted by Gasteiger charge is 2.35. The van der Waals surface area contributed by atoms with Crippen LogP contribution >= 0.6 is 0 Å². The lowest BCUT2D eigenvalue weighted by molar-refractivity contribution is 0.105. The molecule has 0 aromatic heterocycles. The summed E-state index contributed by atoms with van der Waals surface area (Å²) >= 11 is 0. The summed E-state index contributed by atoms with van der Waals surface area (Å²) in [7, 11) is 1.79. The minimum Gasteiger partial charge on any atom is -0.383 e. The number of hydrogen-bond donors (Lipinski definition) is 1. The van der Waals surface area contributed by atoms with Crippen LogP contribution in [0.3, 0.4) is 0 Å². The Bertz CT molecular complexity index is 242. The van der Waals surface area contributed by atoms with Gasteiger partial charge in [0.05, 0.1) is 6.61 Å². The molecule has 0 heterocycles. The van der Waals surface area contributed by atoms with E-state index in [9.17, 15) is 0 Å². The van der Waals surface area contributed by atoms with Gasteiger partial charge in [0.15, 0.2) is 0 Å². The average molecular weight is 270 g/mol. The zero-order valence-corrected chi connectivity index (χ0v) is 13.7. The monoisotopic (exact) mass is 270 g/mol. The second kappa shape index (κ2) is 7.61. The van der Waals surface area contributed by atoms with Crippen LogP contribution in [0.1, 0.15) is 53.4 Å². The van der Waals surface area contributed by atoms with Crippen LogP contribution in [0, 0.1) is 5.41 Å². The summed E-state index contributed by atoms with van der Waals surface area (Å²) in [5.74, 6) is 0. The lowest BCUT2D eigenvalue weighted by atomic mass is 9.84. The molecule has 1 aliphatic rings. The van der Waals surface area contributed by atoms with Crippen molar-refractivity contribution in [2.24, 2.45) is 5.41 Å². The summed E-state index contributed by atoms with van der Waals surface area (Å²) in [5, 5.41) is 3.73. The third-order valence-electron chi connectivity index (χ3n) is 4.28. The normalized spacial score (nSPS) is 19.3. The highest BCUT2D eigenvalue weighted by atomic mass is 16.5. The van der Waals surface area contributed by atoms with E-state index in [1.54, 1.807) is 7.11 Å². The van der Waals surface area contributed by atoms with Crippen LogP contribution in [0.2, 0.25) is 0 Å². The molecule has 19 heavy (non-hydrogen) atoms. The maximum absolute atomic E-state index is 5.23. The third-order valence-corrected chi connectivity index (χ3v) is 4.28. The maximum atomic E-state index is 5.23. The molecule has 0 amide bonds. The first kappa shape index (κ1) is 16.9. The van der Waals surface area contributed by atoms with Gasteiger partial charge in [-0.3, -0.25) is 0 Å². The highest BCUT2D eigenvalue weighted by Crippen LogP contribution is 2.38. The molecule has 0 aliphatic heterocycles. The summed E-state index contributed by atoms with van der Waals surface area (Å²) in [5.41, 5.74) is 0.705. The van der Waals surface area contributed by atoms with Crippen molar-refractivity contribution in [1.82, 2.24) is 10.2 Å². The van der Waals surface area contributed by atoms with E-state index in [-0.39, 0.29) is 5.54 Å². The standard InChI is InChI=1S/C16H34N2O/c1-6-18(11-12-19-5)14-16(9-7-8-10-16)13-17-15(2,3)4/h17H,6-14H2,1-5H3. The van der Waals surface area contributed by atoms with E-state index in [4.69, 9.17) is 4.74 Å². The van der Waals surface area contributed by atoms with Crippen LogP contribution in [-0.4, -0.2) is 50.3 Å². The van der Waals surface area contributed by atoms with Gasteiger partial charge in [-0.1, -0.05) is 19.8 Å². The van der Waals surface area contributed by atoms with Crippen LogP contribution in [0.4, 0.5) is 0 Å². The van der Waals surface area contributed by atoms with E-state index in [0.29, 0.717) is 5.41 Å². The SMILES string of the molecule is CCN(CCOC)CC1(CNC(C)(C)C)CCCC1. The number of hydrogen-bond acceptors (Lipinski definition) is 3. The molecular formula is C16H34N2O. The molecule has 0 aromatic rings. The number of ether oxygens (including phenoxy) is 1. The first-order valence-corrected chi connectivity index (χ1v) is 7.87. The van der Waals surface area contributed by atoms with Crippen molar-refractivity contribution in [3.63, 3.8) is 0 Å². The van der Waals surface area contributed by atoms with Gasteiger partial charge in [-0.15, -0.1) is 0 Å². The Hall–Kier alpha value is -0.120. The smallest absolute Gasteiger partial charge is 0.0589 e. The molecule has 1 fully saturated rings. The van der Waals surface area contributed by atoms with Crippen molar-refractivity contribution in [2.75, 3.05) is 39.9 Å². The molecule has 0 aromatic carbocycles. The summed E-state index contributed by atoms with van der Waals surface area (Å²) in [6.45, 7) is 14.4. The fourth-order valence-corrected chi connectivity index (χ4v) is 3.01. The Morgan fingerprint density at radius 2 is 1.84 bits per heavy atom. The molecule has 0 unspecified atom stereocenters. The summed E-state index contributed by atoms with van der Waals surface area (Å²) < 4.78 is 5.23. The Morgan fingerprint density at radius 1 is 1.21 bits per heavy atom. The molecule has 1 rings (SSSR count).